The molecule has 0 rings (SSSR count). The van der Waals surface area contributed by atoms with Gasteiger partial charge in [0.15, 0.2) is 6.10 Å². The molecule has 0 aromatic rings. The van der Waals surface area contributed by atoms with E-state index in [0.717, 1.165) is 37.4 Å². The second kappa shape index (κ2) is 17.5. The van der Waals surface area contributed by atoms with Gasteiger partial charge >= 0.3 is 5.97 Å². The van der Waals surface area contributed by atoms with E-state index in [4.69, 9.17) is 4.74 Å². The summed E-state index contributed by atoms with van der Waals surface area (Å²) < 4.78 is 37.1. The summed E-state index contributed by atoms with van der Waals surface area (Å²) in [6, 6.07) is 0. The molecule has 1 unspecified atom stereocenters. The third kappa shape index (κ3) is 24.8. The van der Waals surface area contributed by atoms with Crippen molar-refractivity contribution in [3.63, 3.8) is 0 Å². The lowest BCUT2D eigenvalue weighted by molar-refractivity contribution is -0.870. The number of amides is 1. The number of nitrogens with zero attached hydrogens (tertiary/aromatic N) is 1. The van der Waals surface area contributed by atoms with Gasteiger partial charge in [0.2, 0.25) is 10.4 Å². The SMILES string of the molecule is CCCCCCCCCC(=O)OC(C)C(=O)NCCC[N+](C)(C)C.COS(=O)(=O)[O-]. The number of esters is 1. The second-order valence-electron chi connectivity index (χ2n) is 8.24. The second-order valence-corrected chi connectivity index (χ2v) is 9.39. The third-order valence-electron chi connectivity index (χ3n) is 4.17. The van der Waals surface area contributed by atoms with Gasteiger partial charge < -0.3 is 19.1 Å². The van der Waals surface area contributed by atoms with Crippen molar-refractivity contribution >= 4 is 22.3 Å². The average molecular weight is 455 g/mol. The van der Waals surface area contributed by atoms with E-state index in [0.29, 0.717) is 13.0 Å². The molecule has 0 spiro atoms. The van der Waals surface area contributed by atoms with E-state index < -0.39 is 16.5 Å². The van der Waals surface area contributed by atoms with Crippen molar-refractivity contribution in [2.45, 2.75) is 77.7 Å². The fourth-order valence-electron chi connectivity index (χ4n) is 2.44. The van der Waals surface area contributed by atoms with Crippen LogP contribution >= 0.6 is 0 Å². The number of carbonyl (C=O) groups excluding carboxylic acids is 2. The Hall–Kier alpha value is -1.23. The fourth-order valence-corrected chi connectivity index (χ4v) is 2.44. The van der Waals surface area contributed by atoms with Gasteiger partial charge in [0, 0.05) is 19.4 Å². The highest BCUT2D eigenvalue weighted by Gasteiger charge is 2.17. The molecule has 0 aliphatic carbocycles. The predicted octanol–water partition coefficient (Wildman–Crippen LogP) is 2.36. The van der Waals surface area contributed by atoms with Crippen LogP contribution in [0.3, 0.4) is 0 Å². The van der Waals surface area contributed by atoms with Crippen molar-refractivity contribution < 1.29 is 36.0 Å². The first-order valence-electron chi connectivity index (χ1n) is 10.6. The zero-order valence-corrected chi connectivity index (χ0v) is 20.4. The maximum atomic E-state index is 11.9. The van der Waals surface area contributed by atoms with Crippen molar-refractivity contribution in [2.75, 3.05) is 41.3 Å². The smallest absolute Gasteiger partial charge is 0.306 e. The van der Waals surface area contributed by atoms with Gasteiger partial charge in [0.1, 0.15) is 0 Å². The fraction of sp³-hybridized carbons (Fsp3) is 0.900. The van der Waals surface area contributed by atoms with Crippen LogP contribution in [0.1, 0.15) is 71.6 Å². The molecule has 0 fully saturated rings. The molecule has 0 aromatic carbocycles. The number of rotatable bonds is 15. The Balaban J connectivity index is 0. The van der Waals surface area contributed by atoms with Gasteiger partial charge in [-0.3, -0.25) is 13.8 Å². The summed E-state index contributed by atoms with van der Waals surface area (Å²) in [5, 5.41) is 2.83. The highest BCUT2D eigenvalue weighted by Crippen LogP contribution is 2.09. The Morgan fingerprint density at radius 3 is 1.97 bits per heavy atom. The molecule has 0 aromatic heterocycles. The standard InChI is InChI=1S/C19H38N2O3.CH4O4S/c1-6-7-8-9-10-11-12-14-18(22)24-17(2)19(23)20-15-13-16-21(3,4)5;1-5-6(2,3)4/h17H,6-16H2,1-5H3;1H3,(H,2,3,4). The summed E-state index contributed by atoms with van der Waals surface area (Å²) in [4.78, 5) is 23.6. The molecule has 10 heteroatoms. The Kier molecular flexibility index (Phi) is 18.0. The first kappa shape index (κ1) is 31.0. The topological polar surface area (TPSA) is 122 Å². The summed E-state index contributed by atoms with van der Waals surface area (Å²) in [7, 11) is 2.76. The number of carbonyl (C=O) groups is 2. The van der Waals surface area contributed by atoms with Crippen LogP contribution in [-0.2, 0) is 28.9 Å². The van der Waals surface area contributed by atoms with Gasteiger partial charge in [-0.2, -0.15) is 0 Å². The molecule has 30 heavy (non-hydrogen) atoms. The number of ether oxygens (including phenoxy) is 1. The summed E-state index contributed by atoms with van der Waals surface area (Å²) in [6.07, 6.45) is 8.78. The highest BCUT2D eigenvalue weighted by atomic mass is 32.3. The minimum atomic E-state index is -4.41. The quantitative estimate of drug-likeness (QED) is 0.132. The number of unbranched alkanes of at least 4 members (excludes halogenated alkanes) is 6. The Labute approximate surface area is 183 Å². The average Bonchev–Trinajstić information content (AvgIpc) is 2.63. The van der Waals surface area contributed by atoms with Gasteiger partial charge in [0.25, 0.3) is 5.91 Å². The molecule has 0 bridgehead atoms. The van der Waals surface area contributed by atoms with Crippen LogP contribution in [0, 0.1) is 0 Å². The molecule has 0 saturated carbocycles. The molecule has 1 atom stereocenters. The van der Waals surface area contributed by atoms with E-state index in [9.17, 15) is 22.6 Å². The summed E-state index contributed by atoms with van der Waals surface area (Å²) in [5.41, 5.74) is 0. The normalized spacial score (nSPS) is 12.5. The van der Waals surface area contributed by atoms with E-state index in [1.165, 1.54) is 32.1 Å². The van der Waals surface area contributed by atoms with E-state index in [2.05, 4.69) is 37.6 Å². The Bertz CT molecular complexity index is 560. The number of hydrogen-bond acceptors (Lipinski definition) is 7. The van der Waals surface area contributed by atoms with Gasteiger partial charge in [-0.1, -0.05) is 45.4 Å². The van der Waals surface area contributed by atoms with Crippen molar-refractivity contribution in [2.24, 2.45) is 0 Å². The zero-order chi connectivity index (χ0) is 23.6. The molecule has 0 aliphatic rings. The molecule has 1 N–H and O–H groups in total. The third-order valence-corrected chi connectivity index (χ3v) is 4.58. The zero-order valence-electron chi connectivity index (χ0n) is 19.6. The molecule has 0 aliphatic heterocycles. The molecule has 9 nitrogen and oxygen atoms in total. The van der Waals surface area contributed by atoms with Crippen molar-refractivity contribution in [3.8, 4) is 0 Å². The van der Waals surface area contributed by atoms with E-state index in [-0.39, 0.29) is 11.9 Å². The monoisotopic (exact) mass is 454 g/mol. The highest BCUT2D eigenvalue weighted by molar-refractivity contribution is 7.80. The first-order chi connectivity index (χ1) is 13.8. The minimum Gasteiger partial charge on any atom is -0.726 e. The lowest BCUT2D eigenvalue weighted by atomic mass is 10.1. The summed E-state index contributed by atoms with van der Waals surface area (Å²) >= 11 is 0. The number of hydrogen-bond donors (Lipinski definition) is 1. The van der Waals surface area contributed by atoms with E-state index in [1.54, 1.807) is 6.92 Å². The minimum absolute atomic E-state index is 0.204. The van der Waals surface area contributed by atoms with Gasteiger partial charge in [0.05, 0.1) is 34.8 Å². The first-order valence-corrected chi connectivity index (χ1v) is 11.9. The van der Waals surface area contributed by atoms with Crippen molar-refractivity contribution in [1.29, 1.82) is 0 Å². The Morgan fingerprint density at radius 1 is 1.00 bits per heavy atom. The van der Waals surface area contributed by atoms with Crippen molar-refractivity contribution in [1.82, 2.24) is 5.32 Å². The molecule has 1 amide bonds. The van der Waals surface area contributed by atoms with Crippen molar-refractivity contribution in [3.05, 3.63) is 0 Å². The van der Waals surface area contributed by atoms with Crippen LogP contribution in [0.4, 0.5) is 0 Å². The number of nitrogens with one attached hydrogen (secondary N) is 1. The van der Waals surface area contributed by atoms with E-state index >= 15 is 0 Å². The summed E-state index contributed by atoms with van der Waals surface area (Å²) in [5.74, 6) is -0.470. The van der Waals surface area contributed by atoms with Crippen LogP contribution in [-0.4, -0.2) is 76.8 Å². The van der Waals surface area contributed by atoms with Gasteiger partial charge in [-0.05, 0) is 13.3 Å². The molecular weight excluding hydrogens is 412 g/mol. The summed E-state index contributed by atoms with van der Waals surface area (Å²) in [6.45, 7) is 5.45. The maximum absolute atomic E-state index is 11.9. The molecule has 180 valence electrons. The lowest BCUT2D eigenvalue weighted by Gasteiger charge is -2.23. The maximum Gasteiger partial charge on any atom is 0.306 e. The molecule has 0 heterocycles. The van der Waals surface area contributed by atoms with E-state index in [1.807, 2.05) is 0 Å². The van der Waals surface area contributed by atoms with Gasteiger partial charge in [-0.25, -0.2) is 8.42 Å². The van der Waals surface area contributed by atoms with Crippen LogP contribution in [0.5, 0.6) is 0 Å². The van der Waals surface area contributed by atoms with Crippen LogP contribution in [0.2, 0.25) is 0 Å². The molecular formula is C20H42N2O7S. The van der Waals surface area contributed by atoms with Crippen LogP contribution in [0.25, 0.3) is 0 Å². The van der Waals surface area contributed by atoms with Crippen LogP contribution < -0.4 is 5.32 Å². The molecule has 0 radical (unpaired) electrons. The molecule has 0 saturated heterocycles. The largest absolute Gasteiger partial charge is 0.726 e. The Morgan fingerprint density at radius 2 is 1.50 bits per heavy atom. The number of quaternary nitrogens is 1. The van der Waals surface area contributed by atoms with Gasteiger partial charge in [-0.15, -0.1) is 0 Å². The van der Waals surface area contributed by atoms with Crippen LogP contribution in [0.15, 0.2) is 0 Å². The lowest BCUT2D eigenvalue weighted by Crippen LogP contribution is -2.40. The predicted molar refractivity (Wildman–Crippen MR) is 115 cm³/mol.